The Morgan fingerprint density at radius 3 is 1.31 bits per heavy atom. The van der Waals surface area contributed by atoms with Gasteiger partial charge in [0.05, 0.1) is 44.2 Å². The van der Waals surface area contributed by atoms with E-state index in [1.165, 1.54) is 49.9 Å². The van der Waals surface area contributed by atoms with Crippen LogP contribution in [0.1, 0.15) is 39.5 Å². The van der Waals surface area contributed by atoms with E-state index in [0.717, 1.165) is 12.5 Å². The summed E-state index contributed by atoms with van der Waals surface area (Å²) in [6.07, 6.45) is 2.90. The van der Waals surface area contributed by atoms with Crippen molar-refractivity contribution in [1.82, 2.24) is 10.2 Å². The number of nitrogens with one attached hydrogen (secondary N) is 1. The minimum atomic E-state index is -3.58. The van der Waals surface area contributed by atoms with Gasteiger partial charge >= 0.3 is 6.09 Å². The minimum absolute atomic E-state index is 0. The SMILES string of the molecule is CCN(c1ccc(S(=O)(=O)C2CCN(C(=O)O)CC2)cc1)S(C)(=O)=O.CCN(c1ccc(S(=O)(=O)C2CCNCC2)cc1)S(C)(=O)=O.Cl. The second kappa shape index (κ2) is 16.8. The van der Waals surface area contributed by atoms with Crippen LogP contribution in [-0.4, -0.2) is 112 Å². The summed E-state index contributed by atoms with van der Waals surface area (Å²) < 4.78 is 99.9. The van der Waals surface area contributed by atoms with Gasteiger partial charge in [0.2, 0.25) is 20.0 Å². The molecule has 0 saturated carbocycles. The van der Waals surface area contributed by atoms with E-state index in [9.17, 15) is 38.5 Å². The van der Waals surface area contributed by atoms with Gasteiger partial charge in [-0.05, 0) is 101 Å². The maximum absolute atomic E-state index is 12.7. The summed E-state index contributed by atoms with van der Waals surface area (Å²) in [6, 6.07) is 11.9. The van der Waals surface area contributed by atoms with Crippen LogP contribution in [0.3, 0.4) is 0 Å². The van der Waals surface area contributed by atoms with E-state index in [-0.39, 0.29) is 59.9 Å². The van der Waals surface area contributed by atoms with Crippen molar-refractivity contribution in [3.63, 3.8) is 0 Å². The minimum Gasteiger partial charge on any atom is -0.465 e. The molecule has 2 aromatic rings. The number of hydrogen-bond acceptors (Lipinski definition) is 10. The highest BCUT2D eigenvalue weighted by Gasteiger charge is 2.33. The Morgan fingerprint density at radius 1 is 0.688 bits per heavy atom. The van der Waals surface area contributed by atoms with Gasteiger partial charge in [-0.1, -0.05) is 0 Å². The van der Waals surface area contributed by atoms with Crippen LogP contribution in [0.5, 0.6) is 0 Å². The largest absolute Gasteiger partial charge is 0.465 e. The zero-order chi connectivity index (χ0) is 35.2. The van der Waals surface area contributed by atoms with E-state index < -0.39 is 51.1 Å². The molecule has 2 aromatic carbocycles. The third-order valence-corrected chi connectivity index (χ3v) is 15.3. The van der Waals surface area contributed by atoms with Crippen molar-refractivity contribution in [1.29, 1.82) is 0 Å². The van der Waals surface area contributed by atoms with Crippen LogP contribution in [0.25, 0.3) is 0 Å². The molecule has 2 saturated heterocycles. The number of halogens is 1. The molecule has 272 valence electrons. The Kier molecular flexibility index (Phi) is 14.6. The van der Waals surface area contributed by atoms with Crippen LogP contribution in [0, 0.1) is 0 Å². The van der Waals surface area contributed by atoms with Gasteiger partial charge in [-0.2, -0.15) is 0 Å². The number of piperidine rings is 2. The molecule has 0 aliphatic carbocycles. The molecule has 48 heavy (non-hydrogen) atoms. The molecule has 2 aliphatic heterocycles. The molecule has 14 nitrogen and oxygen atoms in total. The summed E-state index contributed by atoms with van der Waals surface area (Å²) in [6.45, 7) is 5.78. The first-order valence-electron chi connectivity index (χ1n) is 15.2. The number of anilines is 2. The van der Waals surface area contributed by atoms with E-state index in [1.807, 2.05) is 0 Å². The van der Waals surface area contributed by atoms with Gasteiger partial charge in [0.25, 0.3) is 0 Å². The average Bonchev–Trinajstić information content (AvgIpc) is 3.02. The zero-order valence-corrected chi connectivity index (χ0v) is 31.4. The van der Waals surface area contributed by atoms with Gasteiger partial charge in [-0.15, -0.1) is 12.4 Å². The highest BCUT2D eigenvalue weighted by Crippen LogP contribution is 2.28. The zero-order valence-electron chi connectivity index (χ0n) is 27.3. The molecule has 2 aliphatic rings. The lowest BCUT2D eigenvalue weighted by atomic mass is 10.1. The highest BCUT2D eigenvalue weighted by atomic mass is 35.5. The van der Waals surface area contributed by atoms with E-state index in [2.05, 4.69) is 5.32 Å². The number of amides is 1. The van der Waals surface area contributed by atoms with Gasteiger partial charge in [-0.3, -0.25) is 8.61 Å². The molecule has 19 heteroatoms. The van der Waals surface area contributed by atoms with Gasteiger partial charge in [0.1, 0.15) is 0 Å². The van der Waals surface area contributed by atoms with E-state index in [0.29, 0.717) is 43.9 Å². The third kappa shape index (κ3) is 10.2. The maximum atomic E-state index is 12.7. The average molecular weight is 773 g/mol. The van der Waals surface area contributed by atoms with Crippen LogP contribution < -0.4 is 13.9 Å². The molecule has 0 spiro atoms. The number of sulfonamides is 2. The predicted molar refractivity (Wildman–Crippen MR) is 189 cm³/mol. The Morgan fingerprint density at radius 2 is 1.02 bits per heavy atom. The summed E-state index contributed by atoms with van der Waals surface area (Å²) in [5, 5.41) is 11.1. The number of benzene rings is 2. The van der Waals surface area contributed by atoms with Crippen molar-refractivity contribution in [2.75, 3.05) is 60.4 Å². The molecule has 0 unspecified atom stereocenters. The van der Waals surface area contributed by atoms with Crippen LogP contribution in [0.15, 0.2) is 58.3 Å². The molecular formula is C29H45ClN4O10S4. The summed E-state index contributed by atoms with van der Waals surface area (Å²) in [4.78, 5) is 12.5. The first-order valence-corrected chi connectivity index (χ1v) is 21.9. The lowest BCUT2D eigenvalue weighted by molar-refractivity contribution is 0.136. The number of rotatable bonds is 10. The fraction of sp³-hybridized carbons (Fsp3) is 0.552. The smallest absolute Gasteiger partial charge is 0.407 e. The number of carbonyl (C=O) groups is 1. The van der Waals surface area contributed by atoms with E-state index >= 15 is 0 Å². The molecule has 0 bridgehead atoms. The van der Waals surface area contributed by atoms with Crippen molar-refractivity contribution in [3.05, 3.63) is 48.5 Å². The monoisotopic (exact) mass is 772 g/mol. The van der Waals surface area contributed by atoms with Crippen molar-refractivity contribution in [2.45, 2.75) is 59.8 Å². The molecule has 1 amide bonds. The van der Waals surface area contributed by atoms with E-state index in [1.54, 1.807) is 26.0 Å². The fourth-order valence-corrected chi connectivity index (χ4v) is 11.1. The quantitative estimate of drug-likeness (QED) is 0.361. The molecule has 0 aromatic heterocycles. The van der Waals surface area contributed by atoms with Crippen molar-refractivity contribution >= 4 is 69.6 Å². The molecule has 2 heterocycles. The van der Waals surface area contributed by atoms with E-state index in [4.69, 9.17) is 5.11 Å². The summed E-state index contributed by atoms with van der Waals surface area (Å²) in [5.74, 6) is 0. The molecule has 0 atom stereocenters. The second-order valence-corrected chi connectivity index (χ2v) is 19.6. The van der Waals surface area contributed by atoms with Crippen LogP contribution >= 0.6 is 12.4 Å². The lowest BCUT2D eigenvalue weighted by Gasteiger charge is -2.29. The summed E-state index contributed by atoms with van der Waals surface area (Å²) in [7, 11) is -13.7. The number of carboxylic acid groups (broad SMARTS) is 1. The number of sulfone groups is 2. The Hall–Kier alpha value is -2.64. The summed E-state index contributed by atoms with van der Waals surface area (Å²) in [5.41, 5.74) is 0.888. The topological polar surface area (TPSA) is 196 Å². The Balaban J connectivity index is 0.000000329. The van der Waals surface area contributed by atoms with Crippen molar-refractivity contribution in [3.8, 4) is 0 Å². The summed E-state index contributed by atoms with van der Waals surface area (Å²) >= 11 is 0. The Bertz CT molecular complexity index is 1810. The number of hydrogen-bond donors (Lipinski definition) is 2. The predicted octanol–water partition coefficient (Wildman–Crippen LogP) is 2.81. The van der Waals surface area contributed by atoms with Crippen LogP contribution in [0.2, 0.25) is 0 Å². The molecule has 0 radical (unpaired) electrons. The highest BCUT2D eigenvalue weighted by molar-refractivity contribution is 7.93. The number of nitrogens with zero attached hydrogens (tertiary/aromatic N) is 3. The molecule has 2 N–H and O–H groups in total. The molecule has 2 fully saturated rings. The van der Waals surface area contributed by atoms with Gasteiger partial charge in [0.15, 0.2) is 19.7 Å². The third-order valence-electron chi connectivity index (χ3n) is 8.16. The van der Waals surface area contributed by atoms with Crippen molar-refractivity contribution < 1.29 is 43.6 Å². The van der Waals surface area contributed by atoms with Gasteiger partial charge in [0, 0.05) is 26.2 Å². The number of likely N-dealkylation sites (tertiary alicyclic amines) is 1. The second-order valence-electron chi connectivity index (χ2n) is 11.4. The normalized spacial score (nSPS) is 16.6. The fourth-order valence-electron chi connectivity index (χ4n) is 5.67. The van der Waals surface area contributed by atoms with Gasteiger partial charge < -0.3 is 15.3 Å². The standard InChI is InChI=1S/C15H22N2O6S2.C14H22N2O4S2.ClH/c1-3-17(24(2,20)21)12-4-6-13(7-5-12)25(22,23)14-8-10-16(11-9-14)15(18)19;1-3-16(21(2,17)18)12-4-6-13(7-5-12)22(19,20)14-8-10-15-11-9-14;/h4-7,14H,3,8-11H2,1-2H3,(H,18,19);4-7,14-15H,3,8-11H2,1-2H3;1H. The lowest BCUT2D eigenvalue weighted by Crippen LogP contribution is -2.41. The van der Waals surface area contributed by atoms with Crippen LogP contribution in [0.4, 0.5) is 16.2 Å². The maximum Gasteiger partial charge on any atom is 0.407 e. The first-order chi connectivity index (χ1) is 21.8. The van der Waals surface area contributed by atoms with Crippen LogP contribution in [-0.2, 0) is 39.7 Å². The van der Waals surface area contributed by atoms with Gasteiger partial charge in [-0.25, -0.2) is 38.5 Å². The first kappa shape index (κ1) is 41.5. The Labute approximate surface area is 290 Å². The van der Waals surface area contributed by atoms with Crippen molar-refractivity contribution in [2.24, 2.45) is 0 Å². The molecular weight excluding hydrogens is 728 g/mol. The molecule has 4 rings (SSSR count).